The number of rotatable bonds is 10. The largest absolute Gasteiger partial charge is 0.492 e. The fraction of sp³-hybridized carbons (Fsp3) is 0.375. The zero-order valence-corrected chi connectivity index (χ0v) is 22.8. The van der Waals surface area contributed by atoms with Gasteiger partial charge in [-0.2, -0.15) is 5.26 Å². The number of fused-ring (bicyclic) bond motifs is 2. The van der Waals surface area contributed by atoms with Crippen molar-refractivity contribution in [3.8, 4) is 29.1 Å². The van der Waals surface area contributed by atoms with Gasteiger partial charge in [0, 0.05) is 35.8 Å². The molecule has 2 atom stereocenters. The summed E-state index contributed by atoms with van der Waals surface area (Å²) in [5, 5.41) is 18.9. The number of carbonyl (C=O) groups is 1. The van der Waals surface area contributed by atoms with Gasteiger partial charge in [-0.05, 0) is 75.4 Å². The van der Waals surface area contributed by atoms with Crippen molar-refractivity contribution in [3.63, 3.8) is 0 Å². The third-order valence-corrected chi connectivity index (χ3v) is 7.76. The van der Waals surface area contributed by atoms with Gasteiger partial charge in [0.25, 0.3) is 0 Å². The quantitative estimate of drug-likeness (QED) is 0.297. The summed E-state index contributed by atoms with van der Waals surface area (Å²) in [6.45, 7) is 4.36. The normalized spacial score (nSPS) is 17.5. The van der Waals surface area contributed by atoms with Crippen LogP contribution in [0.25, 0.3) is 0 Å². The zero-order chi connectivity index (χ0) is 28.4. The molecule has 0 amide bonds. The first-order chi connectivity index (χ1) is 19.2. The van der Waals surface area contributed by atoms with Crippen molar-refractivity contribution < 1.29 is 33.2 Å². The second kappa shape index (κ2) is 11.2. The molecule has 0 saturated carbocycles. The predicted octanol–water partition coefficient (Wildman–Crippen LogP) is 6.86. The molecular formula is C32H32FNO6. The van der Waals surface area contributed by atoms with Gasteiger partial charge >= 0.3 is 5.97 Å². The van der Waals surface area contributed by atoms with E-state index in [4.69, 9.17) is 24.1 Å². The Morgan fingerprint density at radius 3 is 2.73 bits per heavy atom. The van der Waals surface area contributed by atoms with Crippen LogP contribution in [0.2, 0.25) is 0 Å². The second-order valence-electron chi connectivity index (χ2n) is 10.9. The summed E-state index contributed by atoms with van der Waals surface area (Å²) in [6, 6.07) is 16.1. The maximum atomic E-state index is 15.1. The number of halogens is 1. The number of ether oxygens (including phenoxy) is 4. The molecule has 0 spiro atoms. The number of hydrogen-bond donors (Lipinski definition) is 1. The van der Waals surface area contributed by atoms with Gasteiger partial charge in [-0.15, -0.1) is 0 Å². The molecule has 8 heteroatoms. The Hall–Kier alpha value is -4.09. The monoisotopic (exact) mass is 545 g/mol. The molecule has 7 nitrogen and oxygen atoms in total. The fourth-order valence-corrected chi connectivity index (χ4v) is 5.30. The lowest BCUT2D eigenvalue weighted by molar-refractivity contribution is -0.137. The molecule has 40 heavy (non-hydrogen) atoms. The van der Waals surface area contributed by atoms with E-state index in [9.17, 15) is 10.1 Å². The first kappa shape index (κ1) is 27.5. The summed E-state index contributed by atoms with van der Waals surface area (Å²) >= 11 is 0. The Morgan fingerprint density at radius 1 is 1.18 bits per heavy atom. The van der Waals surface area contributed by atoms with Gasteiger partial charge in [0.15, 0.2) is 0 Å². The van der Waals surface area contributed by atoms with Gasteiger partial charge in [-0.1, -0.05) is 12.1 Å². The average molecular weight is 546 g/mol. The highest BCUT2D eigenvalue weighted by atomic mass is 19.1. The molecule has 0 unspecified atom stereocenters. The van der Waals surface area contributed by atoms with Crippen LogP contribution in [0.1, 0.15) is 72.9 Å². The fourth-order valence-electron chi connectivity index (χ4n) is 5.30. The van der Waals surface area contributed by atoms with Crippen LogP contribution >= 0.6 is 0 Å². The average Bonchev–Trinajstić information content (AvgIpc) is 3.54. The van der Waals surface area contributed by atoms with Gasteiger partial charge in [0.2, 0.25) is 0 Å². The van der Waals surface area contributed by atoms with Crippen molar-refractivity contribution in [1.29, 1.82) is 5.26 Å². The van der Waals surface area contributed by atoms with E-state index in [2.05, 4.69) is 6.07 Å². The van der Waals surface area contributed by atoms with Crippen molar-refractivity contribution in [2.75, 3.05) is 13.7 Å². The highest BCUT2D eigenvalue weighted by Gasteiger charge is 2.32. The molecule has 0 aromatic heterocycles. The van der Waals surface area contributed by atoms with Gasteiger partial charge in [-0.25, -0.2) is 4.39 Å². The molecule has 1 aliphatic heterocycles. The number of carboxylic acids is 1. The van der Waals surface area contributed by atoms with Crippen molar-refractivity contribution in [1.82, 2.24) is 0 Å². The van der Waals surface area contributed by atoms with Crippen LogP contribution in [-0.2, 0) is 22.4 Å². The number of benzene rings is 3. The van der Waals surface area contributed by atoms with Crippen molar-refractivity contribution in [2.45, 2.75) is 63.6 Å². The topological polar surface area (TPSA) is 98.0 Å². The Labute approximate surface area is 233 Å². The molecule has 208 valence electrons. The summed E-state index contributed by atoms with van der Waals surface area (Å²) in [5.41, 5.74) is 3.17. The van der Waals surface area contributed by atoms with Crippen LogP contribution in [0.5, 0.6) is 23.0 Å². The van der Waals surface area contributed by atoms with Gasteiger partial charge in [0.1, 0.15) is 41.0 Å². The smallest absolute Gasteiger partial charge is 0.304 e. The van der Waals surface area contributed by atoms with E-state index in [0.717, 1.165) is 29.5 Å². The van der Waals surface area contributed by atoms with E-state index >= 15 is 4.39 Å². The zero-order valence-electron chi connectivity index (χ0n) is 22.8. The summed E-state index contributed by atoms with van der Waals surface area (Å²) in [6.07, 6.45) is 2.16. The molecular weight excluding hydrogens is 513 g/mol. The van der Waals surface area contributed by atoms with E-state index in [-0.39, 0.29) is 23.8 Å². The third-order valence-electron chi connectivity index (χ3n) is 7.76. The van der Waals surface area contributed by atoms with E-state index in [1.165, 1.54) is 6.07 Å². The molecule has 0 fully saturated rings. The van der Waals surface area contributed by atoms with Crippen LogP contribution in [0.3, 0.4) is 0 Å². The minimum atomic E-state index is -0.873. The summed E-state index contributed by atoms with van der Waals surface area (Å²) < 4.78 is 38.7. The highest BCUT2D eigenvalue weighted by Crippen LogP contribution is 2.44. The van der Waals surface area contributed by atoms with Crippen molar-refractivity contribution >= 4 is 5.97 Å². The molecule has 1 N–H and O–H groups in total. The van der Waals surface area contributed by atoms with Crippen LogP contribution < -0.4 is 14.2 Å². The molecule has 3 aromatic carbocycles. The molecule has 0 radical (unpaired) electrons. The minimum absolute atomic E-state index is 0.000566. The van der Waals surface area contributed by atoms with Gasteiger partial charge < -0.3 is 24.1 Å². The van der Waals surface area contributed by atoms with Crippen LogP contribution in [0, 0.1) is 17.1 Å². The highest BCUT2D eigenvalue weighted by molar-refractivity contribution is 5.69. The lowest BCUT2D eigenvalue weighted by atomic mass is 9.97. The van der Waals surface area contributed by atoms with E-state index in [1.54, 1.807) is 31.4 Å². The standard InChI is InChI=1S/C32H32FNO6/c1-32(2,37-3)13-12-19-4-9-26(20(14-19)17-34)40-27-11-8-25(33)31-24(27)7-10-28(31)39-22-5-6-23-21(15-30(35)36)18-38-29(23)16-22/h4-6,8-9,11,14,16,21,28H,7,10,12-13,15,18H2,1-3H3,(H,35,36)/t21-,28-/m1/s1. The Bertz CT molecular complexity index is 1480. The molecule has 5 rings (SSSR count). The summed E-state index contributed by atoms with van der Waals surface area (Å²) in [7, 11) is 1.69. The van der Waals surface area contributed by atoms with Crippen molar-refractivity contribution in [2.24, 2.45) is 0 Å². The number of aryl methyl sites for hydroxylation is 1. The first-order valence-electron chi connectivity index (χ1n) is 13.4. The van der Waals surface area contributed by atoms with Crippen LogP contribution in [-0.4, -0.2) is 30.4 Å². The van der Waals surface area contributed by atoms with E-state index < -0.39 is 12.1 Å². The van der Waals surface area contributed by atoms with Gasteiger partial charge in [0.05, 0.1) is 24.2 Å². The number of carboxylic acid groups (broad SMARTS) is 1. The third kappa shape index (κ3) is 5.75. The number of nitriles is 1. The number of aliphatic carboxylic acids is 1. The Kier molecular flexibility index (Phi) is 7.68. The first-order valence-corrected chi connectivity index (χ1v) is 13.4. The maximum absolute atomic E-state index is 15.1. The number of hydrogen-bond acceptors (Lipinski definition) is 6. The van der Waals surface area contributed by atoms with Crippen LogP contribution in [0.4, 0.5) is 4.39 Å². The predicted molar refractivity (Wildman–Crippen MR) is 146 cm³/mol. The van der Waals surface area contributed by atoms with E-state index in [1.807, 2.05) is 32.0 Å². The molecule has 2 aliphatic rings. The van der Waals surface area contributed by atoms with Crippen molar-refractivity contribution in [3.05, 3.63) is 82.2 Å². The summed E-state index contributed by atoms with van der Waals surface area (Å²) in [5.74, 6) is 0.593. The molecule has 0 saturated heterocycles. The number of nitrogens with zero attached hydrogens (tertiary/aromatic N) is 1. The van der Waals surface area contributed by atoms with Gasteiger partial charge in [-0.3, -0.25) is 4.79 Å². The lowest BCUT2D eigenvalue weighted by Crippen LogP contribution is -2.22. The summed E-state index contributed by atoms with van der Waals surface area (Å²) in [4.78, 5) is 11.1. The Morgan fingerprint density at radius 2 is 1.98 bits per heavy atom. The molecule has 3 aromatic rings. The van der Waals surface area contributed by atoms with Crippen LogP contribution in [0.15, 0.2) is 48.5 Å². The SMILES string of the molecule is COC(C)(C)CCc1ccc(Oc2ccc(F)c3c2CC[C@H]3Oc2ccc3c(c2)OC[C@H]3CC(=O)O)c(C#N)c1. The molecule has 1 heterocycles. The maximum Gasteiger partial charge on any atom is 0.304 e. The molecule has 0 bridgehead atoms. The van der Waals surface area contributed by atoms with E-state index in [0.29, 0.717) is 53.6 Å². The minimum Gasteiger partial charge on any atom is -0.492 e. The lowest BCUT2D eigenvalue weighted by Gasteiger charge is -2.22. The molecule has 1 aliphatic carbocycles. The number of methoxy groups -OCH3 is 1. The second-order valence-corrected chi connectivity index (χ2v) is 10.9. The Balaban J connectivity index is 1.33.